The molecule has 1 aromatic carbocycles. The fourth-order valence-corrected chi connectivity index (χ4v) is 4.30. The van der Waals surface area contributed by atoms with E-state index in [1.165, 1.54) is 17.5 Å². The van der Waals surface area contributed by atoms with Crippen molar-refractivity contribution in [2.75, 3.05) is 39.3 Å². The minimum Gasteiger partial charge on any atom is -0.300 e. The summed E-state index contributed by atoms with van der Waals surface area (Å²) in [7, 11) is 0. The average Bonchev–Trinajstić information content (AvgIpc) is 2.75. The zero-order valence-corrected chi connectivity index (χ0v) is 19.0. The van der Waals surface area contributed by atoms with Crippen LogP contribution < -0.4 is 5.56 Å². The standard InChI is InChI=1S/C23H30N4O.2ClH/c28-23-21-11-5-4-10-20(21)22(24-25-23)12-14-27-17-15-26(16-18-27)13-6-9-19-7-2-1-3-8-19;;/h1-3,6-9H,4-5,10-18H2,(H,25,28);2*1H. The monoisotopic (exact) mass is 450 g/mol. The lowest BCUT2D eigenvalue weighted by Crippen LogP contribution is -2.46. The van der Waals surface area contributed by atoms with E-state index < -0.39 is 0 Å². The Morgan fingerprint density at radius 1 is 0.933 bits per heavy atom. The summed E-state index contributed by atoms with van der Waals surface area (Å²) in [6.07, 6.45) is 9.64. The van der Waals surface area contributed by atoms with Crippen molar-refractivity contribution in [1.82, 2.24) is 20.0 Å². The van der Waals surface area contributed by atoms with Crippen molar-refractivity contribution in [3.8, 4) is 0 Å². The van der Waals surface area contributed by atoms with Gasteiger partial charge in [0, 0.05) is 51.3 Å². The molecular formula is C23H32Cl2N4O. The van der Waals surface area contributed by atoms with Gasteiger partial charge in [-0.25, -0.2) is 5.10 Å². The lowest BCUT2D eigenvalue weighted by atomic mass is 9.91. The summed E-state index contributed by atoms with van der Waals surface area (Å²) in [6.45, 7) is 6.46. The van der Waals surface area contributed by atoms with Crippen LogP contribution in [0.5, 0.6) is 0 Å². The number of nitrogens with one attached hydrogen (secondary N) is 1. The number of H-pyrrole nitrogens is 1. The maximum atomic E-state index is 12.0. The Morgan fingerprint density at radius 2 is 1.60 bits per heavy atom. The van der Waals surface area contributed by atoms with Crippen LogP contribution in [0.1, 0.15) is 35.2 Å². The fraction of sp³-hybridized carbons (Fsp3) is 0.478. The molecule has 0 radical (unpaired) electrons. The largest absolute Gasteiger partial charge is 0.300 e. The van der Waals surface area contributed by atoms with E-state index >= 15 is 0 Å². The summed E-state index contributed by atoms with van der Waals surface area (Å²) in [4.78, 5) is 17.0. The molecule has 30 heavy (non-hydrogen) atoms. The molecule has 0 saturated carbocycles. The third-order valence-electron chi connectivity index (χ3n) is 5.99. The number of halogens is 2. The predicted octanol–water partition coefficient (Wildman–Crippen LogP) is 3.37. The molecule has 7 heteroatoms. The number of aromatic amines is 1. The second kappa shape index (κ2) is 12.3. The average molecular weight is 451 g/mol. The van der Waals surface area contributed by atoms with Gasteiger partial charge in [-0.15, -0.1) is 24.8 Å². The van der Waals surface area contributed by atoms with E-state index in [-0.39, 0.29) is 30.4 Å². The summed E-state index contributed by atoms with van der Waals surface area (Å²) in [5.41, 5.74) is 4.63. The molecule has 2 aliphatic rings. The number of hydrogen-bond acceptors (Lipinski definition) is 4. The molecule has 0 atom stereocenters. The number of aromatic nitrogens is 2. The molecule has 4 rings (SSSR count). The van der Waals surface area contributed by atoms with Crippen LogP contribution in [-0.4, -0.2) is 59.3 Å². The second-order valence-corrected chi connectivity index (χ2v) is 7.87. The normalized spacial score (nSPS) is 17.2. The smallest absolute Gasteiger partial charge is 0.267 e. The van der Waals surface area contributed by atoms with Crippen LogP contribution >= 0.6 is 24.8 Å². The molecule has 0 unspecified atom stereocenters. The molecule has 1 aromatic heterocycles. The highest BCUT2D eigenvalue weighted by molar-refractivity contribution is 5.85. The molecule has 0 spiro atoms. The molecule has 1 aliphatic heterocycles. The van der Waals surface area contributed by atoms with Gasteiger partial charge in [0.05, 0.1) is 5.69 Å². The van der Waals surface area contributed by atoms with E-state index in [4.69, 9.17) is 0 Å². The van der Waals surface area contributed by atoms with Crippen LogP contribution in [0.3, 0.4) is 0 Å². The minimum absolute atomic E-state index is 0. The van der Waals surface area contributed by atoms with E-state index in [9.17, 15) is 4.79 Å². The Balaban J connectivity index is 0.00000160. The number of rotatable bonds is 6. The molecule has 0 amide bonds. The Bertz CT molecular complexity index is 861. The number of hydrogen-bond donors (Lipinski definition) is 1. The maximum Gasteiger partial charge on any atom is 0.267 e. The van der Waals surface area contributed by atoms with Gasteiger partial charge in [0.2, 0.25) is 0 Å². The first-order chi connectivity index (χ1) is 13.8. The molecule has 1 aliphatic carbocycles. The van der Waals surface area contributed by atoms with Crippen LogP contribution in [0.4, 0.5) is 0 Å². The van der Waals surface area contributed by atoms with Crippen molar-refractivity contribution in [3.05, 3.63) is 69.1 Å². The highest BCUT2D eigenvalue weighted by atomic mass is 35.5. The number of benzene rings is 1. The van der Waals surface area contributed by atoms with Gasteiger partial charge in [-0.3, -0.25) is 9.69 Å². The molecule has 2 heterocycles. The summed E-state index contributed by atoms with van der Waals surface area (Å²) in [6, 6.07) is 10.5. The van der Waals surface area contributed by atoms with Crippen LogP contribution in [0, 0.1) is 0 Å². The first kappa shape index (κ1) is 24.6. The second-order valence-electron chi connectivity index (χ2n) is 7.87. The zero-order chi connectivity index (χ0) is 19.2. The van der Waals surface area contributed by atoms with Crippen LogP contribution in [-0.2, 0) is 19.3 Å². The van der Waals surface area contributed by atoms with Crippen molar-refractivity contribution < 1.29 is 0 Å². The molecular weight excluding hydrogens is 419 g/mol. The Kier molecular flexibility index (Phi) is 10.1. The minimum atomic E-state index is 0. The summed E-state index contributed by atoms with van der Waals surface area (Å²) in [5.74, 6) is 0. The van der Waals surface area contributed by atoms with Crippen LogP contribution in [0.25, 0.3) is 6.08 Å². The van der Waals surface area contributed by atoms with Gasteiger partial charge in [0.1, 0.15) is 0 Å². The third-order valence-corrected chi connectivity index (χ3v) is 5.99. The fourth-order valence-electron chi connectivity index (χ4n) is 4.30. The molecule has 1 fully saturated rings. The van der Waals surface area contributed by atoms with Gasteiger partial charge in [0.25, 0.3) is 5.56 Å². The summed E-state index contributed by atoms with van der Waals surface area (Å²) in [5, 5.41) is 7.10. The van der Waals surface area contributed by atoms with Gasteiger partial charge in [-0.1, -0.05) is 42.5 Å². The molecule has 164 valence electrons. The first-order valence-corrected chi connectivity index (χ1v) is 10.6. The topological polar surface area (TPSA) is 52.2 Å². The number of nitrogens with zero attached hydrogens (tertiary/aromatic N) is 3. The van der Waals surface area contributed by atoms with E-state index in [2.05, 4.69) is 62.5 Å². The molecule has 1 N–H and O–H groups in total. The molecule has 1 saturated heterocycles. The van der Waals surface area contributed by atoms with Gasteiger partial charge in [0.15, 0.2) is 0 Å². The van der Waals surface area contributed by atoms with E-state index in [0.717, 1.165) is 76.2 Å². The quantitative estimate of drug-likeness (QED) is 0.732. The summed E-state index contributed by atoms with van der Waals surface area (Å²) >= 11 is 0. The lowest BCUT2D eigenvalue weighted by Gasteiger charge is -2.34. The Hall–Kier alpha value is -1.66. The highest BCUT2D eigenvalue weighted by Gasteiger charge is 2.20. The van der Waals surface area contributed by atoms with Crippen molar-refractivity contribution >= 4 is 30.9 Å². The number of piperazine rings is 1. The van der Waals surface area contributed by atoms with E-state index in [1.807, 2.05) is 0 Å². The van der Waals surface area contributed by atoms with Crippen molar-refractivity contribution in [3.63, 3.8) is 0 Å². The third kappa shape index (κ3) is 6.42. The van der Waals surface area contributed by atoms with Crippen LogP contribution in [0.15, 0.2) is 41.2 Å². The highest BCUT2D eigenvalue weighted by Crippen LogP contribution is 2.20. The lowest BCUT2D eigenvalue weighted by molar-refractivity contribution is 0.143. The zero-order valence-electron chi connectivity index (χ0n) is 17.4. The van der Waals surface area contributed by atoms with Gasteiger partial charge >= 0.3 is 0 Å². The van der Waals surface area contributed by atoms with Gasteiger partial charge in [-0.2, -0.15) is 5.10 Å². The van der Waals surface area contributed by atoms with Crippen molar-refractivity contribution in [2.24, 2.45) is 0 Å². The van der Waals surface area contributed by atoms with Gasteiger partial charge < -0.3 is 4.90 Å². The van der Waals surface area contributed by atoms with Crippen molar-refractivity contribution in [2.45, 2.75) is 32.1 Å². The Labute approximate surface area is 191 Å². The van der Waals surface area contributed by atoms with Gasteiger partial charge in [-0.05, 0) is 36.8 Å². The van der Waals surface area contributed by atoms with Crippen LogP contribution in [0.2, 0.25) is 0 Å². The SMILES string of the molecule is Cl.Cl.O=c1[nH]nc(CCN2CCN(CC=Cc3ccccc3)CC2)c2c1CCCC2. The molecule has 0 bridgehead atoms. The first-order valence-electron chi connectivity index (χ1n) is 10.6. The van der Waals surface area contributed by atoms with E-state index in [0.29, 0.717) is 0 Å². The molecule has 2 aromatic rings. The maximum absolute atomic E-state index is 12.0. The van der Waals surface area contributed by atoms with E-state index in [1.54, 1.807) is 0 Å². The Morgan fingerprint density at radius 3 is 2.33 bits per heavy atom. The summed E-state index contributed by atoms with van der Waals surface area (Å²) < 4.78 is 0. The predicted molar refractivity (Wildman–Crippen MR) is 128 cm³/mol. The molecule has 5 nitrogen and oxygen atoms in total. The van der Waals surface area contributed by atoms with Crippen molar-refractivity contribution in [1.29, 1.82) is 0 Å². The number of fused-ring (bicyclic) bond motifs is 1.